The normalized spacial score (nSPS) is 19.9. The van der Waals surface area contributed by atoms with Crippen LogP contribution in [0.2, 0.25) is 0 Å². The first kappa shape index (κ1) is 12.7. The van der Waals surface area contributed by atoms with Gasteiger partial charge in [0.1, 0.15) is 5.82 Å². The number of hydrogen-bond acceptors (Lipinski definition) is 3. The largest absolute Gasteiger partial charge is 0.478 e. The van der Waals surface area contributed by atoms with Crippen molar-refractivity contribution in [3.63, 3.8) is 0 Å². The third kappa shape index (κ3) is 2.39. The number of aromatic nitrogens is 2. The summed E-state index contributed by atoms with van der Waals surface area (Å²) in [6.45, 7) is 6.15. The molecule has 98 valence electrons. The molecule has 0 spiro atoms. The maximum Gasteiger partial charge on any atom is 0.328 e. The SMILES string of the molecule is Cc1nn(C)c(N2CCC(C)C2)c1/C=C/C(=O)O. The molecule has 0 aromatic carbocycles. The van der Waals surface area contributed by atoms with Crippen LogP contribution in [0.1, 0.15) is 24.6 Å². The predicted octanol–water partition coefficient (Wildman–Crippen LogP) is 1.67. The number of nitrogens with zero attached hydrogens (tertiary/aromatic N) is 3. The van der Waals surface area contributed by atoms with E-state index in [1.165, 1.54) is 12.5 Å². The fourth-order valence-corrected chi connectivity index (χ4v) is 2.51. The lowest BCUT2D eigenvalue weighted by molar-refractivity contribution is -0.131. The molecule has 5 heteroatoms. The molecule has 1 aliphatic heterocycles. The molecular weight excluding hydrogens is 230 g/mol. The van der Waals surface area contributed by atoms with E-state index in [0.29, 0.717) is 5.92 Å². The van der Waals surface area contributed by atoms with Gasteiger partial charge in [-0.25, -0.2) is 4.79 Å². The average molecular weight is 249 g/mol. The minimum Gasteiger partial charge on any atom is -0.478 e. The van der Waals surface area contributed by atoms with Crippen molar-refractivity contribution in [3.05, 3.63) is 17.3 Å². The summed E-state index contributed by atoms with van der Waals surface area (Å²) < 4.78 is 1.84. The summed E-state index contributed by atoms with van der Waals surface area (Å²) >= 11 is 0. The second-order valence-corrected chi connectivity index (χ2v) is 4.96. The quantitative estimate of drug-likeness (QED) is 0.828. The summed E-state index contributed by atoms with van der Waals surface area (Å²) in [5.41, 5.74) is 1.78. The molecule has 18 heavy (non-hydrogen) atoms. The summed E-state index contributed by atoms with van der Waals surface area (Å²) in [4.78, 5) is 12.9. The van der Waals surface area contributed by atoms with Crippen molar-refractivity contribution in [2.75, 3.05) is 18.0 Å². The summed E-state index contributed by atoms with van der Waals surface area (Å²) in [6.07, 6.45) is 3.99. The smallest absolute Gasteiger partial charge is 0.328 e. The summed E-state index contributed by atoms with van der Waals surface area (Å²) in [5.74, 6) is 0.768. The maximum absolute atomic E-state index is 10.6. The van der Waals surface area contributed by atoms with Crippen LogP contribution < -0.4 is 4.90 Å². The molecule has 1 aliphatic rings. The summed E-state index contributed by atoms with van der Waals surface area (Å²) in [5, 5.41) is 13.1. The minimum atomic E-state index is -0.931. The molecule has 1 atom stereocenters. The second-order valence-electron chi connectivity index (χ2n) is 4.96. The fourth-order valence-electron chi connectivity index (χ4n) is 2.51. The highest BCUT2D eigenvalue weighted by Gasteiger charge is 2.24. The van der Waals surface area contributed by atoms with Gasteiger partial charge in [0.15, 0.2) is 0 Å². The van der Waals surface area contributed by atoms with E-state index in [0.717, 1.165) is 30.2 Å². The molecule has 2 heterocycles. The van der Waals surface area contributed by atoms with Crippen LogP contribution in [0.15, 0.2) is 6.08 Å². The zero-order chi connectivity index (χ0) is 13.3. The molecule has 1 aromatic heterocycles. The molecule has 2 rings (SSSR count). The highest BCUT2D eigenvalue weighted by atomic mass is 16.4. The van der Waals surface area contributed by atoms with Crippen molar-refractivity contribution in [2.24, 2.45) is 13.0 Å². The number of carboxylic acids is 1. The maximum atomic E-state index is 10.6. The highest BCUT2D eigenvalue weighted by Crippen LogP contribution is 2.29. The van der Waals surface area contributed by atoms with Gasteiger partial charge in [0.05, 0.1) is 5.69 Å². The van der Waals surface area contributed by atoms with E-state index >= 15 is 0 Å². The van der Waals surface area contributed by atoms with Gasteiger partial charge in [-0.05, 0) is 25.3 Å². The van der Waals surface area contributed by atoms with E-state index in [-0.39, 0.29) is 0 Å². The van der Waals surface area contributed by atoms with E-state index in [2.05, 4.69) is 16.9 Å². The Labute approximate surface area is 107 Å². The lowest BCUT2D eigenvalue weighted by Gasteiger charge is -2.19. The van der Waals surface area contributed by atoms with E-state index in [9.17, 15) is 4.79 Å². The van der Waals surface area contributed by atoms with Crippen LogP contribution in [0.25, 0.3) is 6.08 Å². The Morgan fingerprint density at radius 1 is 1.56 bits per heavy atom. The van der Waals surface area contributed by atoms with Crippen molar-refractivity contribution < 1.29 is 9.90 Å². The zero-order valence-corrected chi connectivity index (χ0v) is 11.1. The zero-order valence-electron chi connectivity index (χ0n) is 11.1. The lowest BCUT2D eigenvalue weighted by Crippen LogP contribution is -2.22. The third-order valence-electron chi connectivity index (χ3n) is 3.35. The molecule has 1 saturated heterocycles. The topological polar surface area (TPSA) is 58.4 Å². The molecule has 1 unspecified atom stereocenters. The molecule has 1 fully saturated rings. The Morgan fingerprint density at radius 3 is 2.83 bits per heavy atom. The first-order valence-corrected chi connectivity index (χ1v) is 6.18. The van der Waals surface area contributed by atoms with Crippen molar-refractivity contribution in [2.45, 2.75) is 20.3 Å². The second kappa shape index (κ2) is 4.84. The average Bonchev–Trinajstić information content (AvgIpc) is 2.79. The molecule has 1 N–H and O–H groups in total. The van der Waals surface area contributed by atoms with Gasteiger partial charge < -0.3 is 10.0 Å². The molecule has 0 saturated carbocycles. The first-order valence-electron chi connectivity index (χ1n) is 6.18. The Morgan fingerprint density at radius 2 is 2.28 bits per heavy atom. The summed E-state index contributed by atoms with van der Waals surface area (Å²) in [6, 6.07) is 0. The van der Waals surface area contributed by atoms with Crippen LogP contribution in [0.4, 0.5) is 5.82 Å². The first-order chi connectivity index (χ1) is 8.49. The number of anilines is 1. The van der Waals surface area contributed by atoms with Crippen LogP contribution in [0.3, 0.4) is 0 Å². The van der Waals surface area contributed by atoms with Crippen molar-refractivity contribution in [1.82, 2.24) is 9.78 Å². The number of carbonyl (C=O) groups is 1. The number of aryl methyl sites for hydroxylation is 2. The van der Waals surface area contributed by atoms with Gasteiger partial charge in [0.2, 0.25) is 0 Å². The van der Waals surface area contributed by atoms with Crippen LogP contribution in [0, 0.1) is 12.8 Å². The van der Waals surface area contributed by atoms with E-state index in [1.807, 2.05) is 18.7 Å². The molecule has 5 nitrogen and oxygen atoms in total. The van der Waals surface area contributed by atoms with E-state index in [1.54, 1.807) is 6.08 Å². The molecule has 0 aliphatic carbocycles. The molecule has 1 aromatic rings. The Hall–Kier alpha value is -1.78. The van der Waals surface area contributed by atoms with Crippen LogP contribution in [-0.2, 0) is 11.8 Å². The van der Waals surface area contributed by atoms with Crippen LogP contribution in [-0.4, -0.2) is 33.9 Å². The van der Waals surface area contributed by atoms with Crippen LogP contribution in [0.5, 0.6) is 0 Å². The minimum absolute atomic E-state index is 0.677. The number of hydrogen-bond donors (Lipinski definition) is 1. The highest BCUT2D eigenvalue weighted by molar-refractivity contribution is 5.87. The van der Waals surface area contributed by atoms with Crippen molar-refractivity contribution in [1.29, 1.82) is 0 Å². The number of carboxylic acid groups (broad SMARTS) is 1. The van der Waals surface area contributed by atoms with Gasteiger partial charge in [0.25, 0.3) is 0 Å². The molecule has 0 radical (unpaired) electrons. The van der Waals surface area contributed by atoms with Gasteiger partial charge in [-0.15, -0.1) is 0 Å². The fraction of sp³-hybridized carbons (Fsp3) is 0.538. The molecule has 0 amide bonds. The van der Waals surface area contributed by atoms with E-state index < -0.39 is 5.97 Å². The number of rotatable bonds is 3. The summed E-state index contributed by atoms with van der Waals surface area (Å²) in [7, 11) is 1.91. The lowest BCUT2D eigenvalue weighted by atomic mass is 10.2. The van der Waals surface area contributed by atoms with Gasteiger partial charge >= 0.3 is 5.97 Å². The van der Waals surface area contributed by atoms with Crippen molar-refractivity contribution in [3.8, 4) is 0 Å². The number of aliphatic carboxylic acids is 1. The predicted molar refractivity (Wildman–Crippen MR) is 70.6 cm³/mol. The third-order valence-corrected chi connectivity index (χ3v) is 3.35. The monoisotopic (exact) mass is 249 g/mol. The Kier molecular flexibility index (Phi) is 3.41. The van der Waals surface area contributed by atoms with Crippen LogP contribution >= 0.6 is 0 Å². The Balaban J connectivity index is 2.36. The molecule has 0 bridgehead atoms. The standard InChI is InChI=1S/C13H19N3O2/c1-9-6-7-16(8-9)13-11(4-5-12(17)18)10(2)14-15(13)3/h4-5,9H,6-8H2,1-3H3,(H,17,18)/b5-4+. The van der Waals surface area contributed by atoms with E-state index in [4.69, 9.17) is 5.11 Å². The van der Waals surface area contributed by atoms with Crippen molar-refractivity contribution >= 4 is 17.9 Å². The van der Waals surface area contributed by atoms with Gasteiger partial charge in [-0.2, -0.15) is 5.10 Å². The van der Waals surface area contributed by atoms with Gasteiger partial charge in [-0.3, -0.25) is 4.68 Å². The van der Waals surface area contributed by atoms with Gasteiger partial charge in [-0.1, -0.05) is 6.92 Å². The Bertz CT molecular complexity index is 491. The molecular formula is C13H19N3O2. The van der Waals surface area contributed by atoms with Gasteiger partial charge in [0, 0.05) is 31.8 Å².